The number of hydrogen-bond donors (Lipinski definition) is 0. The van der Waals surface area contributed by atoms with E-state index in [2.05, 4.69) is 35.2 Å². The van der Waals surface area contributed by atoms with E-state index in [0.29, 0.717) is 6.10 Å². The third-order valence-electron chi connectivity index (χ3n) is 4.15. The molecule has 0 aromatic heterocycles. The Morgan fingerprint density at radius 3 is 2.04 bits per heavy atom. The maximum absolute atomic E-state index is 6.07. The first-order chi connectivity index (χ1) is 11.8. The molecule has 1 fully saturated rings. The zero-order valence-electron chi connectivity index (χ0n) is 15.1. The second-order valence-electron chi connectivity index (χ2n) is 5.75. The van der Waals surface area contributed by atoms with Crippen LogP contribution in [-0.4, -0.2) is 31.2 Å². The van der Waals surface area contributed by atoms with Crippen molar-refractivity contribution in [2.45, 2.75) is 39.3 Å². The van der Waals surface area contributed by atoms with Crippen LogP contribution in [0.1, 0.15) is 32.3 Å². The molecule has 0 spiro atoms. The van der Waals surface area contributed by atoms with E-state index in [4.69, 9.17) is 9.47 Å². The number of methoxy groups -OCH3 is 1. The fourth-order valence-corrected chi connectivity index (χ4v) is 2.87. The van der Waals surface area contributed by atoms with Crippen molar-refractivity contribution >= 4 is 0 Å². The summed E-state index contributed by atoms with van der Waals surface area (Å²) in [6, 6.07) is 18.5. The molecule has 0 N–H and O–H groups in total. The van der Waals surface area contributed by atoms with Crippen LogP contribution in [0, 0.1) is 0 Å². The molecule has 0 aliphatic carbocycles. The van der Waals surface area contributed by atoms with E-state index in [9.17, 15) is 0 Å². The molecule has 3 heteroatoms. The Balaban J connectivity index is 0.00000100. The quantitative estimate of drug-likeness (QED) is 0.790. The highest BCUT2D eigenvalue weighted by atomic mass is 16.5. The number of benzene rings is 2. The lowest BCUT2D eigenvalue weighted by Gasteiger charge is -2.32. The maximum atomic E-state index is 6.07. The summed E-state index contributed by atoms with van der Waals surface area (Å²) in [6.07, 6.45) is 2.48. The average Bonchev–Trinajstić information content (AvgIpc) is 2.66. The number of ether oxygens (including phenoxy) is 2. The van der Waals surface area contributed by atoms with Gasteiger partial charge < -0.3 is 9.47 Å². The largest absolute Gasteiger partial charge is 0.497 e. The predicted molar refractivity (Wildman–Crippen MR) is 99.7 cm³/mol. The van der Waals surface area contributed by atoms with Crippen LogP contribution in [0.2, 0.25) is 0 Å². The van der Waals surface area contributed by atoms with Gasteiger partial charge in [0.2, 0.25) is 0 Å². The fraction of sp³-hybridized carbons (Fsp3) is 0.429. The highest BCUT2D eigenvalue weighted by Crippen LogP contribution is 2.22. The SMILES string of the molecule is CC.COc1ccc(OC2CCN(Cc3ccccc3)CC2)cc1. The Hall–Kier alpha value is -2.00. The van der Waals surface area contributed by atoms with Gasteiger partial charge in [0.25, 0.3) is 0 Å². The van der Waals surface area contributed by atoms with E-state index >= 15 is 0 Å². The lowest BCUT2D eigenvalue weighted by Crippen LogP contribution is -2.37. The number of rotatable bonds is 5. The molecule has 2 aromatic carbocycles. The number of piperidine rings is 1. The second-order valence-corrected chi connectivity index (χ2v) is 5.75. The highest BCUT2D eigenvalue weighted by Gasteiger charge is 2.20. The Kier molecular flexibility index (Phi) is 7.63. The first-order valence-electron chi connectivity index (χ1n) is 8.90. The van der Waals surface area contributed by atoms with Crippen LogP contribution in [0.4, 0.5) is 0 Å². The Bertz CT molecular complexity index is 560. The van der Waals surface area contributed by atoms with E-state index < -0.39 is 0 Å². The minimum absolute atomic E-state index is 0.320. The minimum atomic E-state index is 0.320. The lowest BCUT2D eigenvalue weighted by atomic mass is 10.1. The standard InChI is InChI=1S/C19H23NO2.C2H6/c1-21-17-7-9-18(10-8-17)22-19-11-13-20(14-12-19)15-16-5-3-2-4-6-16;1-2/h2-10,19H,11-15H2,1H3;1-2H3. The molecular formula is C21H29NO2. The van der Waals surface area contributed by atoms with Crippen molar-refractivity contribution in [3.05, 3.63) is 60.2 Å². The zero-order valence-corrected chi connectivity index (χ0v) is 15.1. The Morgan fingerprint density at radius 1 is 0.875 bits per heavy atom. The molecule has 0 atom stereocenters. The van der Waals surface area contributed by atoms with Crippen LogP contribution in [-0.2, 0) is 6.54 Å². The second kappa shape index (κ2) is 9.99. The molecule has 1 heterocycles. The summed E-state index contributed by atoms with van der Waals surface area (Å²) < 4.78 is 11.2. The van der Waals surface area contributed by atoms with Gasteiger partial charge in [0.05, 0.1) is 7.11 Å². The van der Waals surface area contributed by atoms with Crippen molar-refractivity contribution in [1.82, 2.24) is 4.90 Å². The minimum Gasteiger partial charge on any atom is -0.497 e. The van der Waals surface area contributed by atoms with Gasteiger partial charge in [-0.2, -0.15) is 0 Å². The molecule has 2 aromatic rings. The monoisotopic (exact) mass is 327 g/mol. The van der Waals surface area contributed by atoms with Crippen molar-refractivity contribution in [3.63, 3.8) is 0 Å². The van der Waals surface area contributed by atoms with Gasteiger partial charge in [-0.05, 0) is 42.7 Å². The summed E-state index contributed by atoms with van der Waals surface area (Å²) in [7, 11) is 1.68. The molecule has 1 aliphatic heterocycles. The summed E-state index contributed by atoms with van der Waals surface area (Å²) in [4.78, 5) is 2.50. The molecule has 1 aliphatic rings. The summed E-state index contributed by atoms with van der Waals surface area (Å²) >= 11 is 0. The zero-order chi connectivity index (χ0) is 17.2. The first-order valence-corrected chi connectivity index (χ1v) is 8.90. The van der Waals surface area contributed by atoms with E-state index in [1.54, 1.807) is 7.11 Å². The molecule has 0 unspecified atom stereocenters. The van der Waals surface area contributed by atoms with Crippen molar-refractivity contribution in [3.8, 4) is 11.5 Å². The van der Waals surface area contributed by atoms with Gasteiger partial charge in [-0.15, -0.1) is 0 Å². The molecule has 0 saturated carbocycles. The molecule has 0 bridgehead atoms. The molecule has 0 radical (unpaired) electrons. The van der Waals surface area contributed by atoms with Crippen molar-refractivity contribution < 1.29 is 9.47 Å². The number of hydrogen-bond acceptors (Lipinski definition) is 3. The third kappa shape index (κ3) is 5.57. The first kappa shape index (κ1) is 18.3. The average molecular weight is 327 g/mol. The summed E-state index contributed by atoms with van der Waals surface area (Å²) in [5.41, 5.74) is 1.39. The molecule has 0 amide bonds. The van der Waals surface area contributed by atoms with Gasteiger partial charge in [-0.25, -0.2) is 0 Å². The van der Waals surface area contributed by atoms with Crippen molar-refractivity contribution in [2.24, 2.45) is 0 Å². The van der Waals surface area contributed by atoms with Gasteiger partial charge in [-0.1, -0.05) is 44.2 Å². The van der Waals surface area contributed by atoms with Crippen LogP contribution < -0.4 is 9.47 Å². The Labute approximate surface area is 146 Å². The fourth-order valence-electron chi connectivity index (χ4n) is 2.87. The van der Waals surface area contributed by atoms with Crippen LogP contribution in [0.25, 0.3) is 0 Å². The van der Waals surface area contributed by atoms with E-state index in [-0.39, 0.29) is 0 Å². The maximum Gasteiger partial charge on any atom is 0.119 e. The van der Waals surface area contributed by atoms with E-state index in [0.717, 1.165) is 44.0 Å². The predicted octanol–water partition coefficient (Wildman–Crippen LogP) is 4.76. The van der Waals surface area contributed by atoms with E-state index in [1.807, 2.05) is 38.1 Å². The van der Waals surface area contributed by atoms with E-state index in [1.165, 1.54) is 5.56 Å². The molecule has 1 saturated heterocycles. The molecular weight excluding hydrogens is 298 g/mol. The van der Waals surface area contributed by atoms with Gasteiger partial charge in [0.1, 0.15) is 17.6 Å². The van der Waals surface area contributed by atoms with Gasteiger partial charge in [0, 0.05) is 19.6 Å². The van der Waals surface area contributed by atoms with Crippen molar-refractivity contribution in [2.75, 3.05) is 20.2 Å². The van der Waals surface area contributed by atoms with Crippen LogP contribution >= 0.6 is 0 Å². The molecule has 130 valence electrons. The molecule has 3 rings (SSSR count). The number of likely N-dealkylation sites (tertiary alicyclic amines) is 1. The highest BCUT2D eigenvalue weighted by molar-refractivity contribution is 5.31. The lowest BCUT2D eigenvalue weighted by molar-refractivity contribution is 0.0967. The van der Waals surface area contributed by atoms with Crippen molar-refractivity contribution in [1.29, 1.82) is 0 Å². The summed E-state index contributed by atoms with van der Waals surface area (Å²) in [5.74, 6) is 1.80. The Morgan fingerprint density at radius 2 is 1.46 bits per heavy atom. The normalized spacial score (nSPS) is 15.3. The topological polar surface area (TPSA) is 21.7 Å². The van der Waals surface area contributed by atoms with Gasteiger partial charge in [0.15, 0.2) is 0 Å². The summed E-state index contributed by atoms with van der Waals surface area (Å²) in [5, 5.41) is 0. The van der Waals surface area contributed by atoms with Crippen LogP contribution in [0.15, 0.2) is 54.6 Å². The van der Waals surface area contributed by atoms with Gasteiger partial charge in [-0.3, -0.25) is 4.90 Å². The summed E-state index contributed by atoms with van der Waals surface area (Å²) in [6.45, 7) is 7.22. The third-order valence-corrected chi connectivity index (χ3v) is 4.15. The number of nitrogens with zero attached hydrogens (tertiary/aromatic N) is 1. The smallest absolute Gasteiger partial charge is 0.119 e. The molecule has 3 nitrogen and oxygen atoms in total. The van der Waals surface area contributed by atoms with Crippen LogP contribution in [0.3, 0.4) is 0 Å². The van der Waals surface area contributed by atoms with Crippen LogP contribution in [0.5, 0.6) is 11.5 Å². The van der Waals surface area contributed by atoms with Gasteiger partial charge >= 0.3 is 0 Å². The molecule has 24 heavy (non-hydrogen) atoms.